The first kappa shape index (κ1) is 18.1. The molecule has 0 aliphatic heterocycles. The van der Waals surface area contributed by atoms with Gasteiger partial charge in [-0.05, 0) is 54.8 Å². The van der Waals surface area contributed by atoms with Crippen LogP contribution in [0.25, 0.3) is 0 Å². The molecule has 4 heteroatoms. The van der Waals surface area contributed by atoms with Gasteiger partial charge in [-0.15, -0.1) is 0 Å². The molecule has 2 aromatic carbocycles. The first-order valence-electron chi connectivity index (χ1n) is 8.39. The fourth-order valence-corrected chi connectivity index (χ4v) is 2.44. The highest BCUT2D eigenvalue weighted by molar-refractivity contribution is 5.38. The second kappa shape index (κ2) is 9.83. The van der Waals surface area contributed by atoms with E-state index in [1.54, 1.807) is 14.2 Å². The van der Waals surface area contributed by atoms with Crippen LogP contribution >= 0.6 is 0 Å². The highest BCUT2D eigenvalue weighted by Crippen LogP contribution is 2.22. The smallest absolute Gasteiger partial charge is 0.122 e. The zero-order valence-corrected chi connectivity index (χ0v) is 14.8. The Morgan fingerprint density at radius 3 is 2.25 bits per heavy atom. The summed E-state index contributed by atoms with van der Waals surface area (Å²) in [5, 5.41) is 3.47. The van der Waals surface area contributed by atoms with Gasteiger partial charge in [0.1, 0.15) is 17.2 Å². The summed E-state index contributed by atoms with van der Waals surface area (Å²) in [6.07, 6.45) is 1.94. The number of nitrogens with one attached hydrogen (secondary N) is 1. The molecule has 2 rings (SSSR count). The number of hydrogen-bond donors (Lipinski definition) is 1. The predicted molar refractivity (Wildman–Crippen MR) is 97.2 cm³/mol. The highest BCUT2D eigenvalue weighted by atomic mass is 16.5. The molecule has 24 heavy (non-hydrogen) atoms. The summed E-state index contributed by atoms with van der Waals surface area (Å²) in [7, 11) is 3.34. The van der Waals surface area contributed by atoms with Gasteiger partial charge >= 0.3 is 0 Å². The Bertz CT molecular complexity index is 606. The van der Waals surface area contributed by atoms with E-state index in [0.717, 1.165) is 49.8 Å². The van der Waals surface area contributed by atoms with E-state index in [2.05, 4.69) is 24.4 Å². The summed E-state index contributed by atoms with van der Waals surface area (Å²) in [4.78, 5) is 0. The Hall–Kier alpha value is -2.20. The Kier molecular flexibility index (Phi) is 7.43. The summed E-state index contributed by atoms with van der Waals surface area (Å²) >= 11 is 0. The van der Waals surface area contributed by atoms with Gasteiger partial charge in [0.25, 0.3) is 0 Å². The monoisotopic (exact) mass is 329 g/mol. The number of hydrogen-bond acceptors (Lipinski definition) is 4. The maximum atomic E-state index is 5.67. The van der Waals surface area contributed by atoms with Crippen LogP contribution in [0.4, 0.5) is 0 Å². The van der Waals surface area contributed by atoms with Crippen molar-refractivity contribution in [2.24, 2.45) is 0 Å². The molecule has 0 heterocycles. The van der Waals surface area contributed by atoms with Crippen LogP contribution in [-0.4, -0.2) is 27.4 Å². The van der Waals surface area contributed by atoms with Crippen molar-refractivity contribution in [3.05, 3.63) is 53.6 Å². The van der Waals surface area contributed by atoms with Gasteiger partial charge in [-0.2, -0.15) is 0 Å². The van der Waals surface area contributed by atoms with E-state index in [1.165, 1.54) is 11.1 Å². The number of ether oxygens (including phenoxy) is 3. The van der Waals surface area contributed by atoms with Gasteiger partial charge < -0.3 is 19.5 Å². The molecule has 0 bridgehead atoms. The molecule has 0 unspecified atom stereocenters. The third-order valence-electron chi connectivity index (χ3n) is 3.70. The quantitative estimate of drug-likeness (QED) is 0.673. The van der Waals surface area contributed by atoms with Gasteiger partial charge in [0.05, 0.1) is 20.8 Å². The predicted octanol–water partition coefficient (Wildman–Crippen LogP) is 3.82. The SMILES string of the molecule is CCCOc1cccc(CNCCc2cc(OC)cc(OC)c2)c1. The summed E-state index contributed by atoms with van der Waals surface area (Å²) in [6.45, 7) is 4.58. The van der Waals surface area contributed by atoms with Crippen molar-refractivity contribution in [1.82, 2.24) is 5.32 Å². The zero-order valence-electron chi connectivity index (χ0n) is 14.8. The third-order valence-corrected chi connectivity index (χ3v) is 3.70. The molecule has 0 fully saturated rings. The molecule has 130 valence electrons. The molecule has 1 N–H and O–H groups in total. The van der Waals surface area contributed by atoms with Crippen molar-refractivity contribution in [2.75, 3.05) is 27.4 Å². The van der Waals surface area contributed by atoms with Crippen LogP contribution in [-0.2, 0) is 13.0 Å². The molecular weight excluding hydrogens is 302 g/mol. The van der Waals surface area contributed by atoms with Gasteiger partial charge in [0, 0.05) is 12.6 Å². The summed E-state index contributed by atoms with van der Waals surface area (Å²) in [6, 6.07) is 14.2. The van der Waals surface area contributed by atoms with E-state index < -0.39 is 0 Å². The van der Waals surface area contributed by atoms with Crippen molar-refractivity contribution in [3.8, 4) is 17.2 Å². The molecule has 0 aromatic heterocycles. The van der Waals surface area contributed by atoms with Crippen molar-refractivity contribution in [2.45, 2.75) is 26.3 Å². The van der Waals surface area contributed by atoms with Gasteiger partial charge in [0.2, 0.25) is 0 Å². The standard InChI is InChI=1S/C20H27NO3/c1-4-10-24-18-7-5-6-17(13-18)15-21-9-8-16-11-19(22-2)14-20(12-16)23-3/h5-7,11-14,21H,4,8-10,15H2,1-3H3. The second-order valence-corrected chi connectivity index (χ2v) is 5.64. The van der Waals surface area contributed by atoms with E-state index >= 15 is 0 Å². The zero-order chi connectivity index (χ0) is 17.2. The molecule has 0 spiro atoms. The minimum absolute atomic E-state index is 0.758. The van der Waals surface area contributed by atoms with Crippen LogP contribution in [0.1, 0.15) is 24.5 Å². The van der Waals surface area contributed by atoms with Crippen molar-refractivity contribution < 1.29 is 14.2 Å². The van der Waals surface area contributed by atoms with E-state index in [1.807, 2.05) is 30.3 Å². The maximum Gasteiger partial charge on any atom is 0.122 e. The number of rotatable bonds is 10. The molecule has 0 saturated heterocycles. The third kappa shape index (κ3) is 5.78. The molecule has 0 aliphatic rings. The molecule has 0 atom stereocenters. The highest BCUT2D eigenvalue weighted by Gasteiger charge is 2.02. The van der Waals surface area contributed by atoms with Crippen LogP contribution in [0, 0.1) is 0 Å². The molecule has 0 amide bonds. The Morgan fingerprint density at radius 1 is 0.875 bits per heavy atom. The van der Waals surface area contributed by atoms with Crippen LogP contribution in [0.3, 0.4) is 0 Å². The van der Waals surface area contributed by atoms with Crippen LogP contribution in [0.15, 0.2) is 42.5 Å². The molecule has 4 nitrogen and oxygen atoms in total. The lowest BCUT2D eigenvalue weighted by Gasteiger charge is -2.10. The van der Waals surface area contributed by atoms with Gasteiger partial charge in [0.15, 0.2) is 0 Å². The summed E-state index contributed by atoms with van der Waals surface area (Å²) in [5.41, 5.74) is 2.42. The molecule has 0 aliphatic carbocycles. The summed E-state index contributed by atoms with van der Waals surface area (Å²) < 4.78 is 16.3. The average Bonchev–Trinajstić information content (AvgIpc) is 2.63. The first-order chi connectivity index (χ1) is 11.7. The Balaban J connectivity index is 1.82. The molecule has 2 aromatic rings. The fraction of sp³-hybridized carbons (Fsp3) is 0.400. The summed E-state index contributed by atoms with van der Waals surface area (Å²) in [5.74, 6) is 2.59. The van der Waals surface area contributed by atoms with Crippen LogP contribution in [0.2, 0.25) is 0 Å². The molecular formula is C20H27NO3. The largest absolute Gasteiger partial charge is 0.497 e. The Morgan fingerprint density at radius 2 is 1.58 bits per heavy atom. The van der Waals surface area contributed by atoms with Gasteiger partial charge in [-0.25, -0.2) is 0 Å². The molecule has 0 radical (unpaired) electrons. The lowest BCUT2D eigenvalue weighted by Crippen LogP contribution is -2.16. The van der Waals surface area contributed by atoms with E-state index in [0.29, 0.717) is 0 Å². The minimum atomic E-state index is 0.758. The van der Waals surface area contributed by atoms with Crippen LogP contribution in [0.5, 0.6) is 17.2 Å². The second-order valence-electron chi connectivity index (χ2n) is 5.64. The topological polar surface area (TPSA) is 39.7 Å². The van der Waals surface area contributed by atoms with Crippen molar-refractivity contribution in [3.63, 3.8) is 0 Å². The number of methoxy groups -OCH3 is 2. The lowest BCUT2D eigenvalue weighted by atomic mass is 10.1. The van der Waals surface area contributed by atoms with Crippen molar-refractivity contribution >= 4 is 0 Å². The normalized spacial score (nSPS) is 10.5. The van der Waals surface area contributed by atoms with Gasteiger partial charge in [-0.3, -0.25) is 0 Å². The van der Waals surface area contributed by atoms with Crippen molar-refractivity contribution in [1.29, 1.82) is 0 Å². The van der Waals surface area contributed by atoms with E-state index in [-0.39, 0.29) is 0 Å². The van der Waals surface area contributed by atoms with Crippen LogP contribution < -0.4 is 19.5 Å². The first-order valence-corrected chi connectivity index (χ1v) is 8.39. The minimum Gasteiger partial charge on any atom is -0.497 e. The van der Waals surface area contributed by atoms with E-state index in [9.17, 15) is 0 Å². The van der Waals surface area contributed by atoms with Gasteiger partial charge in [-0.1, -0.05) is 19.1 Å². The number of benzene rings is 2. The molecule has 0 saturated carbocycles. The van der Waals surface area contributed by atoms with E-state index in [4.69, 9.17) is 14.2 Å². The maximum absolute atomic E-state index is 5.67. The lowest BCUT2D eigenvalue weighted by molar-refractivity contribution is 0.317. The fourth-order valence-electron chi connectivity index (χ4n) is 2.44. The average molecular weight is 329 g/mol. The Labute approximate surface area is 144 Å².